The molecule has 5 nitrogen and oxygen atoms in total. The van der Waals surface area contributed by atoms with E-state index in [2.05, 4.69) is 26.1 Å². The summed E-state index contributed by atoms with van der Waals surface area (Å²) in [4.78, 5) is 2.35. The van der Waals surface area contributed by atoms with Gasteiger partial charge in [0.15, 0.2) is 0 Å². The Hall–Kier alpha value is -0.250. The number of nitrogens with one attached hydrogen (secondary N) is 1. The van der Waals surface area contributed by atoms with Crippen molar-refractivity contribution in [2.24, 2.45) is 0 Å². The second-order valence-corrected chi connectivity index (χ2v) is 8.43. The maximum Gasteiger partial charge on any atom is 0.244 e. The molecule has 2 fully saturated rings. The molecule has 0 radical (unpaired) electrons. The van der Waals surface area contributed by atoms with Gasteiger partial charge in [-0.05, 0) is 40.5 Å². The molecular weight excluding hydrogens is 409 g/mol. The van der Waals surface area contributed by atoms with Crippen LogP contribution in [0.2, 0.25) is 0 Å². The minimum atomic E-state index is -3.66. The zero-order valence-corrected chi connectivity index (χ0v) is 15.8. The number of halogens is 3. The normalized spacial score (nSPS) is 23.7. The van der Waals surface area contributed by atoms with Gasteiger partial charge in [-0.15, -0.1) is 12.4 Å². The molecule has 2 saturated heterocycles. The third-order valence-electron chi connectivity index (χ3n) is 4.31. The van der Waals surface area contributed by atoms with Gasteiger partial charge < -0.3 is 5.32 Å². The van der Waals surface area contributed by atoms with Crippen LogP contribution in [-0.4, -0.2) is 62.9 Å². The van der Waals surface area contributed by atoms with Gasteiger partial charge in [0.05, 0.1) is 4.90 Å². The molecule has 2 heterocycles. The van der Waals surface area contributed by atoms with E-state index in [0.29, 0.717) is 17.6 Å². The summed E-state index contributed by atoms with van der Waals surface area (Å²) in [7, 11) is -3.66. The summed E-state index contributed by atoms with van der Waals surface area (Å²) < 4.78 is 40.8. The van der Waals surface area contributed by atoms with Gasteiger partial charge in [-0.25, -0.2) is 12.8 Å². The van der Waals surface area contributed by atoms with Crippen molar-refractivity contribution < 1.29 is 12.8 Å². The first-order valence-corrected chi connectivity index (χ1v) is 9.62. The molecule has 130 valence electrons. The van der Waals surface area contributed by atoms with E-state index in [1.54, 1.807) is 0 Å². The third kappa shape index (κ3) is 4.05. The van der Waals surface area contributed by atoms with Crippen LogP contribution in [0.15, 0.2) is 27.6 Å². The first kappa shape index (κ1) is 19.1. The van der Waals surface area contributed by atoms with Gasteiger partial charge in [-0.3, -0.25) is 4.90 Å². The molecule has 3 rings (SSSR count). The van der Waals surface area contributed by atoms with Gasteiger partial charge in [0.25, 0.3) is 0 Å². The first-order chi connectivity index (χ1) is 10.5. The second kappa shape index (κ2) is 7.76. The van der Waals surface area contributed by atoms with E-state index < -0.39 is 15.8 Å². The maximum absolute atomic E-state index is 13.4. The Morgan fingerprint density at radius 2 is 1.91 bits per heavy atom. The fourth-order valence-corrected chi connectivity index (χ4v) is 5.52. The van der Waals surface area contributed by atoms with Crippen molar-refractivity contribution in [2.45, 2.75) is 17.4 Å². The monoisotopic (exact) mass is 427 g/mol. The fraction of sp³-hybridized carbons (Fsp3) is 0.571. The van der Waals surface area contributed by atoms with E-state index in [4.69, 9.17) is 0 Å². The SMILES string of the molecule is Cl.O=S(=O)(c1cc(F)ccc1Br)N1CCC(N2CCNCC2)C1. The Balaban J connectivity index is 0.00000192. The summed E-state index contributed by atoms with van der Waals surface area (Å²) in [6.45, 7) is 4.74. The van der Waals surface area contributed by atoms with Crippen molar-refractivity contribution in [3.63, 3.8) is 0 Å². The van der Waals surface area contributed by atoms with Crippen LogP contribution in [0, 0.1) is 5.82 Å². The standard InChI is InChI=1S/C14H19BrFN3O2S.ClH/c15-13-2-1-11(16)9-14(13)22(20,21)19-6-3-12(10-19)18-7-4-17-5-8-18;/h1-2,9,12,17H,3-8,10H2;1H. The van der Waals surface area contributed by atoms with Crippen LogP contribution < -0.4 is 5.32 Å². The molecule has 0 amide bonds. The van der Waals surface area contributed by atoms with Gasteiger partial charge in [-0.2, -0.15) is 4.31 Å². The molecule has 0 spiro atoms. The molecule has 1 N–H and O–H groups in total. The van der Waals surface area contributed by atoms with Crippen LogP contribution in [0.25, 0.3) is 0 Å². The van der Waals surface area contributed by atoms with Crippen molar-refractivity contribution in [3.8, 4) is 0 Å². The largest absolute Gasteiger partial charge is 0.314 e. The highest BCUT2D eigenvalue weighted by molar-refractivity contribution is 9.10. The number of sulfonamides is 1. The van der Waals surface area contributed by atoms with Crippen LogP contribution in [0.3, 0.4) is 0 Å². The fourth-order valence-electron chi connectivity index (χ4n) is 3.09. The predicted octanol–water partition coefficient (Wildman–Crippen LogP) is 1.68. The predicted molar refractivity (Wildman–Crippen MR) is 93.0 cm³/mol. The van der Waals surface area contributed by atoms with Crippen LogP contribution >= 0.6 is 28.3 Å². The molecule has 1 aromatic rings. The summed E-state index contributed by atoms with van der Waals surface area (Å²) in [5.41, 5.74) is 0. The molecule has 1 atom stereocenters. The number of piperazine rings is 1. The lowest BCUT2D eigenvalue weighted by molar-refractivity contribution is 0.179. The van der Waals surface area contributed by atoms with E-state index in [1.807, 2.05) is 0 Å². The molecule has 2 aliphatic rings. The summed E-state index contributed by atoms with van der Waals surface area (Å²) in [6, 6.07) is 4.02. The molecule has 2 aliphatic heterocycles. The van der Waals surface area contributed by atoms with E-state index in [-0.39, 0.29) is 23.3 Å². The Morgan fingerprint density at radius 1 is 1.22 bits per heavy atom. The van der Waals surface area contributed by atoms with Gasteiger partial charge in [0, 0.05) is 49.8 Å². The summed E-state index contributed by atoms with van der Waals surface area (Å²) in [6.07, 6.45) is 0.826. The summed E-state index contributed by atoms with van der Waals surface area (Å²) in [5, 5.41) is 3.30. The first-order valence-electron chi connectivity index (χ1n) is 7.38. The van der Waals surface area contributed by atoms with Crippen LogP contribution in [0.1, 0.15) is 6.42 Å². The number of nitrogens with zero attached hydrogens (tertiary/aromatic N) is 2. The summed E-state index contributed by atoms with van der Waals surface area (Å²) >= 11 is 3.21. The average molecular weight is 429 g/mol. The Kier molecular flexibility index (Phi) is 6.43. The zero-order chi connectivity index (χ0) is 15.7. The van der Waals surface area contributed by atoms with Gasteiger partial charge >= 0.3 is 0 Å². The van der Waals surface area contributed by atoms with Crippen LogP contribution in [-0.2, 0) is 10.0 Å². The Morgan fingerprint density at radius 3 is 2.61 bits per heavy atom. The highest BCUT2D eigenvalue weighted by Gasteiger charge is 2.36. The number of hydrogen-bond acceptors (Lipinski definition) is 4. The Labute approximate surface area is 150 Å². The van der Waals surface area contributed by atoms with E-state index in [0.717, 1.165) is 38.7 Å². The lowest BCUT2D eigenvalue weighted by Gasteiger charge is -2.32. The number of hydrogen-bond donors (Lipinski definition) is 1. The van der Waals surface area contributed by atoms with Gasteiger partial charge in [0.1, 0.15) is 5.82 Å². The molecular formula is C14H20BrClFN3O2S. The summed E-state index contributed by atoms with van der Waals surface area (Å²) in [5.74, 6) is -0.542. The van der Waals surface area contributed by atoms with Crippen molar-refractivity contribution in [2.75, 3.05) is 39.3 Å². The third-order valence-corrected chi connectivity index (χ3v) is 7.16. The number of benzene rings is 1. The molecule has 1 unspecified atom stereocenters. The quantitative estimate of drug-likeness (QED) is 0.796. The van der Waals surface area contributed by atoms with Crippen molar-refractivity contribution in [1.29, 1.82) is 0 Å². The van der Waals surface area contributed by atoms with E-state index >= 15 is 0 Å². The lowest BCUT2D eigenvalue weighted by atomic mass is 10.2. The molecule has 1 aromatic carbocycles. The van der Waals surface area contributed by atoms with Crippen molar-refractivity contribution in [3.05, 3.63) is 28.5 Å². The molecule has 0 aliphatic carbocycles. The average Bonchev–Trinajstić information content (AvgIpc) is 3.01. The molecule has 23 heavy (non-hydrogen) atoms. The van der Waals surface area contributed by atoms with E-state index in [1.165, 1.54) is 16.4 Å². The Bertz CT molecular complexity index is 655. The smallest absolute Gasteiger partial charge is 0.244 e. The van der Waals surface area contributed by atoms with Crippen molar-refractivity contribution in [1.82, 2.24) is 14.5 Å². The van der Waals surface area contributed by atoms with Crippen molar-refractivity contribution >= 4 is 38.4 Å². The highest BCUT2D eigenvalue weighted by atomic mass is 79.9. The molecule has 9 heteroatoms. The number of rotatable bonds is 3. The highest BCUT2D eigenvalue weighted by Crippen LogP contribution is 2.29. The van der Waals surface area contributed by atoms with Crippen LogP contribution in [0.5, 0.6) is 0 Å². The lowest BCUT2D eigenvalue weighted by Crippen LogP contribution is -2.49. The van der Waals surface area contributed by atoms with E-state index in [9.17, 15) is 12.8 Å². The van der Waals surface area contributed by atoms with Gasteiger partial charge in [0.2, 0.25) is 10.0 Å². The second-order valence-electron chi connectivity index (χ2n) is 5.67. The minimum Gasteiger partial charge on any atom is -0.314 e. The van der Waals surface area contributed by atoms with Gasteiger partial charge in [-0.1, -0.05) is 0 Å². The molecule has 0 bridgehead atoms. The zero-order valence-electron chi connectivity index (χ0n) is 12.5. The topological polar surface area (TPSA) is 52.7 Å². The molecule has 0 aromatic heterocycles. The minimum absolute atomic E-state index is 0. The maximum atomic E-state index is 13.4. The van der Waals surface area contributed by atoms with Crippen LogP contribution in [0.4, 0.5) is 4.39 Å². The molecule has 0 saturated carbocycles.